The van der Waals surface area contributed by atoms with E-state index in [9.17, 15) is 4.79 Å². The van der Waals surface area contributed by atoms with Crippen LogP contribution in [0.2, 0.25) is 0 Å². The number of aryl methyl sites for hydroxylation is 1. The van der Waals surface area contributed by atoms with Crippen molar-refractivity contribution >= 4 is 11.8 Å². The minimum atomic E-state index is -1.15. The molecule has 0 saturated heterocycles. The van der Waals surface area contributed by atoms with Crippen LogP contribution in [0.15, 0.2) is 29.4 Å². The van der Waals surface area contributed by atoms with Crippen LogP contribution in [0.3, 0.4) is 0 Å². The highest BCUT2D eigenvalue weighted by Gasteiger charge is 1.98. The summed E-state index contributed by atoms with van der Waals surface area (Å²) in [6, 6.07) is 7.88. The molecule has 0 aliphatic rings. The predicted octanol–water partition coefficient (Wildman–Crippen LogP) is 2.24. The summed E-state index contributed by atoms with van der Waals surface area (Å²) in [6.07, 6.45) is -0.163. The molecule has 1 aromatic carbocycles. The standard InChI is InChI=1S/C11H14N2O2/c1-3-9-4-6-10(7-5-9)8(2)12-13-11(14)15/h4-7,13H,3H2,1-2H3,(H,14,15)/b12-8-. The van der Waals surface area contributed by atoms with E-state index >= 15 is 0 Å². The van der Waals surface area contributed by atoms with Crippen LogP contribution >= 0.6 is 0 Å². The number of nitrogens with one attached hydrogen (secondary N) is 1. The van der Waals surface area contributed by atoms with Gasteiger partial charge in [0, 0.05) is 0 Å². The lowest BCUT2D eigenvalue weighted by atomic mass is 10.1. The normalized spacial score (nSPS) is 11.2. The van der Waals surface area contributed by atoms with Gasteiger partial charge in [-0.1, -0.05) is 31.2 Å². The third-order valence-corrected chi connectivity index (χ3v) is 2.10. The lowest BCUT2D eigenvalue weighted by molar-refractivity contribution is 0.195. The fraction of sp³-hybridized carbons (Fsp3) is 0.273. The Balaban J connectivity index is 2.77. The van der Waals surface area contributed by atoms with Crippen LogP contribution in [-0.4, -0.2) is 16.9 Å². The molecular weight excluding hydrogens is 192 g/mol. The lowest BCUT2D eigenvalue weighted by Gasteiger charge is -2.01. The average molecular weight is 206 g/mol. The van der Waals surface area contributed by atoms with Crippen molar-refractivity contribution in [3.8, 4) is 0 Å². The van der Waals surface area contributed by atoms with E-state index in [1.54, 1.807) is 6.92 Å². The Hall–Kier alpha value is -1.84. The largest absolute Gasteiger partial charge is 0.464 e. The van der Waals surface area contributed by atoms with Crippen molar-refractivity contribution in [2.45, 2.75) is 20.3 Å². The first-order chi connectivity index (χ1) is 7.13. The molecule has 0 heterocycles. The molecule has 0 saturated carbocycles. The van der Waals surface area contributed by atoms with E-state index in [1.807, 2.05) is 29.7 Å². The Morgan fingerprint density at radius 1 is 1.40 bits per heavy atom. The van der Waals surface area contributed by atoms with Crippen molar-refractivity contribution in [2.75, 3.05) is 0 Å². The van der Waals surface area contributed by atoms with Crippen LogP contribution in [0, 0.1) is 0 Å². The van der Waals surface area contributed by atoms with Gasteiger partial charge >= 0.3 is 6.09 Å². The molecule has 15 heavy (non-hydrogen) atoms. The molecule has 4 nitrogen and oxygen atoms in total. The summed E-state index contributed by atoms with van der Waals surface area (Å²) >= 11 is 0. The second-order valence-corrected chi connectivity index (χ2v) is 3.16. The maximum atomic E-state index is 10.2. The van der Waals surface area contributed by atoms with Crippen molar-refractivity contribution in [1.82, 2.24) is 5.43 Å². The number of hydrogen-bond donors (Lipinski definition) is 2. The Bertz CT molecular complexity index is 369. The fourth-order valence-electron chi connectivity index (χ4n) is 1.18. The SMILES string of the molecule is CCc1ccc(/C(C)=N\NC(=O)O)cc1. The summed E-state index contributed by atoms with van der Waals surface area (Å²) in [5, 5.41) is 12.1. The Morgan fingerprint density at radius 3 is 2.47 bits per heavy atom. The van der Waals surface area contributed by atoms with Crippen molar-refractivity contribution in [3.05, 3.63) is 35.4 Å². The van der Waals surface area contributed by atoms with E-state index in [4.69, 9.17) is 5.11 Å². The van der Waals surface area contributed by atoms with E-state index in [0.29, 0.717) is 5.71 Å². The summed E-state index contributed by atoms with van der Waals surface area (Å²) < 4.78 is 0. The summed E-state index contributed by atoms with van der Waals surface area (Å²) in [5.41, 5.74) is 4.80. The molecule has 2 N–H and O–H groups in total. The zero-order chi connectivity index (χ0) is 11.3. The fourth-order valence-corrected chi connectivity index (χ4v) is 1.18. The number of rotatable bonds is 3. The van der Waals surface area contributed by atoms with Gasteiger partial charge in [0.15, 0.2) is 0 Å². The minimum absolute atomic E-state index is 0.653. The quantitative estimate of drug-likeness (QED) is 0.588. The number of amides is 1. The molecule has 0 aliphatic heterocycles. The van der Waals surface area contributed by atoms with Gasteiger partial charge in [0.25, 0.3) is 0 Å². The van der Waals surface area contributed by atoms with E-state index < -0.39 is 6.09 Å². The molecule has 1 amide bonds. The van der Waals surface area contributed by atoms with Gasteiger partial charge in [-0.3, -0.25) is 0 Å². The molecule has 0 spiro atoms. The molecule has 0 radical (unpaired) electrons. The van der Waals surface area contributed by atoms with Crippen LogP contribution in [-0.2, 0) is 6.42 Å². The van der Waals surface area contributed by atoms with Gasteiger partial charge in [0.05, 0.1) is 5.71 Å². The third kappa shape index (κ3) is 3.42. The minimum Gasteiger partial charge on any atom is -0.464 e. The number of hydrogen-bond acceptors (Lipinski definition) is 2. The second-order valence-electron chi connectivity index (χ2n) is 3.16. The van der Waals surface area contributed by atoms with Crippen LogP contribution in [0.25, 0.3) is 0 Å². The highest BCUT2D eigenvalue weighted by atomic mass is 16.4. The van der Waals surface area contributed by atoms with Gasteiger partial charge in [-0.05, 0) is 24.5 Å². The van der Waals surface area contributed by atoms with E-state index in [-0.39, 0.29) is 0 Å². The number of hydrazone groups is 1. The summed E-state index contributed by atoms with van der Waals surface area (Å²) in [7, 11) is 0. The van der Waals surface area contributed by atoms with Crippen molar-refractivity contribution in [2.24, 2.45) is 5.10 Å². The smallest absolute Gasteiger partial charge is 0.425 e. The molecule has 0 aromatic heterocycles. The summed E-state index contributed by atoms with van der Waals surface area (Å²) in [4.78, 5) is 10.2. The van der Waals surface area contributed by atoms with Crippen LogP contribution in [0.5, 0.6) is 0 Å². The highest BCUT2D eigenvalue weighted by molar-refractivity contribution is 5.99. The first-order valence-corrected chi connectivity index (χ1v) is 4.76. The van der Waals surface area contributed by atoms with Crippen LogP contribution < -0.4 is 5.43 Å². The molecule has 1 aromatic rings. The summed E-state index contributed by atoms with van der Waals surface area (Å²) in [5.74, 6) is 0. The van der Waals surface area contributed by atoms with Crippen molar-refractivity contribution in [3.63, 3.8) is 0 Å². The van der Waals surface area contributed by atoms with Gasteiger partial charge in [-0.15, -0.1) is 0 Å². The van der Waals surface area contributed by atoms with Gasteiger partial charge in [-0.2, -0.15) is 5.10 Å². The predicted molar refractivity (Wildman–Crippen MR) is 59.2 cm³/mol. The Kier molecular flexibility index (Phi) is 3.85. The lowest BCUT2D eigenvalue weighted by Crippen LogP contribution is -2.16. The summed E-state index contributed by atoms with van der Waals surface area (Å²) in [6.45, 7) is 3.85. The van der Waals surface area contributed by atoms with Gasteiger partial charge in [0.1, 0.15) is 0 Å². The van der Waals surface area contributed by atoms with Gasteiger partial charge in [0.2, 0.25) is 0 Å². The zero-order valence-corrected chi connectivity index (χ0v) is 8.82. The Morgan fingerprint density at radius 2 is 2.00 bits per heavy atom. The van der Waals surface area contributed by atoms with E-state index in [2.05, 4.69) is 12.0 Å². The first kappa shape index (κ1) is 11.2. The number of nitrogens with zero attached hydrogens (tertiary/aromatic N) is 1. The molecule has 0 atom stereocenters. The van der Waals surface area contributed by atoms with E-state index in [1.165, 1.54) is 5.56 Å². The third-order valence-electron chi connectivity index (χ3n) is 2.10. The topological polar surface area (TPSA) is 61.7 Å². The van der Waals surface area contributed by atoms with Crippen molar-refractivity contribution in [1.29, 1.82) is 0 Å². The maximum Gasteiger partial charge on any atom is 0.425 e. The van der Waals surface area contributed by atoms with Crippen LogP contribution in [0.1, 0.15) is 25.0 Å². The highest BCUT2D eigenvalue weighted by Crippen LogP contribution is 2.05. The molecule has 0 fully saturated rings. The van der Waals surface area contributed by atoms with Gasteiger partial charge in [-0.25, -0.2) is 10.2 Å². The molecule has 1 rings (SSSR count). The molecule has 0 unspecified atom stereocenters. The zero-order valence-electron chi connectivity index (χ0n) is 8.82. The maximum absolute atomic E-state index is 10.2. The molecule has 80 valence electrons. The molecule has 0 bridgehead atoms. The number of carbonyl (C=O) groups is 1. The average Bonchev–Trinajstić information content (AvgIpc) is 2.26. The van der Waals surface area contributed by atoms with E-state index in [0.717, 1.165) is 12.0 Å². The van der Waals surface area contributed by atoms with Gasteiger partial charge < -0.3 is 5.11 Å². The van der Waals surface area contributed by atoms with Crippen molar-refractivity contribution < 1.29 is 9.90 Å². The molecule has 0 aliphatic carbocycles. The second kappa shape index (κ2) is 5.14. The number of carboxylic acid groups (broad SMARTS) is 1. The monoisotopic (exact) mass is 206 g/mol. The molecular formula is C11H14N2O2. The van der Waals surface area contributed by atoms with Crippen LogP contribution in [0.4, 0.5) is 4.79 Å². The Labute approximate surface area is 88.6 Å². The molecule has 4 heteroatoms. The number of benzene rings is 1. The first-order valence-electron chi connectivity index (χ1n) is 4.76.